The van der Waals surface area contributed by atoms with Gasteiger partial charge in [0.1, 0.15) is 0 Å². The second-order valence-corrected chi connectivity index (χ2v) is 5.94. The highest BCUT2D eigenvalue weighted by Crippen LogP contribution is 2.36. The summed E-state index contributed by atoms with van der Waals surface area (Å²) in [6.45, 7) is 4.57. The van der Waals surface area contributed by atoms with E-state index in [0.717, 1.165) is 12.8 Å². The maximum Gasteiger partial charge on any atom is 0.230 e. The number of nitrogens with zero attached hydrogens (tertiary/aromatic N) is 2. The largest absolute Gasteiger partial charge is 0.424 e. The number of aliphatic hydroxyl groups excluding tert-OH is 1. The Morgan fingerprint density at radius 1 is 1.33 bits per heavy atom. The molecule has 0 fully saturated rings. The van der Waals surface area contributed by atoms with Crippen molar-refractivity contribution >= 4 is 0 Å². The predicted molar refractivity (Wildman–Crippen MR) is 78.8 cm³/mol. The fraction of sp³-hybridized carbons (Fsp3) is 0.500. The van der Waals surface area contributed by atoms with Crippen LogP contribution in [-0.2, 0) is 18.5 Å². The standard InChI is InChI=1S/C16H21N3O2/c1-11(2)15-19-18-14(21-15)9-17-16(10-20)8-7-12-5-3-4-6-13(12)16/h3-6,11,17,20H,7-10H2,1-2H3. The maximum absolute atomic E-state index is 9.91. The summed E-state index contributed by atoms with van der Waals surface area (Å²) in [4.78, 5) is 0. The van der Waals surface area contributed by atoms with Crippen molar-refractivity contribution in [3.63, 3.8) is 0 Å². The lowest BCUT2D eigenvalue weighted by atomic mass is 9.92. The van der Waals surface area contributed by atoms with Crippen LogP contribution < -0.4 is 5.32 Å². The minimum Gasteiger partial charge on any atom is -0.424 e. The van der Waals surface area contributed by atoms with E-state index in [1.165, 1.54) is 11.1 Å². The first kappa shape index (κ1) is 14.2. The van der Waals surface area contributed by atoms with E-state index < -0.39 is 5.54 Å². The van der Waals surface area contributed by atoms with Crippen LogP contribution in [0.15, 0.2) is 28.7 Å². The van der Waals surface area contributed by atoms with Gasteiger partial charge in [0.25, 0.3) is 0 Å². The number of rotatable bonds is 5. The minimum atomic E-state index is -0.400. The van der Waals surface area contributed by atoms with Crippen LogP contribution in [0.4, 0.5) is 0 Å². The van der Waals surface area contributed by atoms with Crippen LogP contribution in [0.25, 0.3) is 0 Å². The molecule has 0 bridgehead atoms. The minimum absolute atomic E-state index is 0.0647. The molecule has 2 aromatic rings. The van der Waals surface area contributed by atoms with Crippen molar-refractivity contribution in [3.05, 3.63) is 47.2 Å². The molecule has 0 radical (unpaired) electrons. The zero-order valence-corrected chi connectivity index (χ0v) is 12.5. The van der Waals surface area contributed by atoms with Gasteiger partial charge in [0.15, 0.2) is 0 Å². The van der Waals surface area contributed by atoms with Crippen molar-refractivity contribution in [2.45, 2.75) is 44.7 Å². The van der Waals surface area contributed by atoms with Crippen LogP contribution in [0.2, 0.25) is 0 Å². The van der Waals surface area contributed by atoms with Crippen LogP contribution in [0.5, 0.6) is 0 Å². The molecule has 1 aromatic carbocycles. The zero-order chi connectivity index (χ0) is 14.9. The monoisotopic (exact) mass is 287 g/mol. The normalized spacial score (nSPS) is 21.0. The average molecular weight is 287 g/mol. The van der Waals surface area contributed by atoms with Gasteiger partial charge in [-0.2, -0.15) is 0 Å². The number of hydrogen-bond acceptors (Lipinski definition) is 5. The molecule has 21 heavy (non-hydrogen) atoms. The van der Waals surface area contributed by atoms with Crippen molar-refractivity contribution in [2.24, 2.45) is 0 Å². The van der Waals surface area contributed by atoms with Crippen LogP contribution in [0.3, 0.4) is 0 Å². The molecule has 1 atom stereocenters. The number of fused-ring (bicyclic) bond motifs is 1. The molecule has 2 N–H and O–H groups in total. The SMILES string of the molecule is CC(C)c1nnc(CNC2(CO)CCc3ccccc32)o1. The molecular weight excluding hydrogens is 266 g/mol. The van der Waals surface area contributed by atoms with Gasteiger partial charge in [-0.3, -0.25) is 5.32 Å². The van der Waals surface area contributed by atoms with Gasteiger partial charge in [-0.15, -0.1) is 10.2 Å². The summed E-state index contributed by atoms with van der Waals surface area (Å²) in [5.41, 5.74) is 2.08. The van der Waals surface area contributed by atoms with Crippen molar-refractivity contribution in [1.29, 1.82) is 0 Å². The van der Waals surface area contributed by atoms with Crippen molar-refractivity contribution in [2.75, 3.05) is 6.61 Å². The molecule has 5 heteroatoms. The van der Waals surface area contributed by atoms with Gasteiger partial charge >= 0.3 is 0 Å². The van der Waals surface area contributed by atoms with E-state index in [1.807, 2.05) is 26.0 Å². The van der Waals surface area contributed by atoms with Crippen molar-refractivity contribution in [1.82, 2.24) is 15.5 Å². The molecule has 5 nitrogen and oxygen atoms in total. The number of aryl methyl sites for hydroxylation is 1. The summed E-state index contributed by atoms with van der Waals surface area (Å²) in [6, 6.07) is 8.26. The molecule has 0 saturated heterocycles. The fourth-order valence-corrected chi connectivity index (χ4v) is 2.91. The van der Waals surface area contributed by atoms with Gasteiger partial charge in [-0.1, -0.05) is 38.1 Å². The first-order chi connectivity index (χ1) is 10.1. The van der Waals surface area contributed by atoms with Gasteiger partial charge in [0.2, 0.25) is 11.8 Å². The highest BCUT2D eigenvalue weighted by molar-refractivity contribution is 5.38. The molecular formula is C16H21N3O2. The van der Waals surface area contributed by atoms with E-state index in [-0.39, 0.29) is 12.5 Å². The second-order valence-electron chi connectivity index (χ2n) is 5.94. The Labute approximate surface area is 124 Å². The molecule has 1 heterocycles. The molecule has 112 valence electrons. The second kappa shape index (κ2) is 5.58. The summed E-state index contributed by atoms with van der Waals surface area (Å²) in [7, 11) is 0. The Balaban J connectivity index is 1.76. The van der Waals surface area contributed by atoms with Crippen molar-refractivity contribution < 1.29 is 9.52 Å². The molecule has 0 saturated carbocycles. The third-order valence-electron chi connectivity index (χ3n) is 4.18. The first-order valence-electron chi connectivity index (χ1n) is 7.41. The maximum atomic E-state index is 9.91. The van der Waals surface area contributed by atoms with Crippen LogP contribution >= 0.6 is 0 Å². The zero-order valence-electron chi connectivity index (χ0n) is 12.5. The van der Waals surface area contributed by atoms with E-state index in [0.29, 0.717) is 18.3 Å². The summed E-state index contributed by atoms with van der Waals surface area (Å²) in [5, 5.41) is 21.4. The smallest absolute Gasteiger partial charge is 0.230 e. The molecule has 0 spiro atoms. The number of aromatic nitrogens is 2. The summed E-state index contributed by atoms with van der Waals surface area (Å²) < 4.78 is 5.62. The quantitative estimate of drug-likeness (QED) is 0.881. The number of hydrogen-bond donors (Lipinski definition) is 2. The molecule has 1 unspecified atom stereocenters. The number of aliphatic hydroxyl groups is 1. The average Bonchev–Trinajstić information content (AvgIpc) is 3.11. The number of benzene rings is 1. The third-order valence-corrected chi connectivity index (χ3v) is 4.18. The van der Waals surface area contributed by atoms with E-state index in [2.05, 4.69) is 27.6 Å². The van der Waals surface area contributed by atoms with Gasteiger partial charge in [-0.05, 0) is 24.0 Å². The Bertz CT molecular complexity index is 623. The summed E-state index contributed by atoms with van der Waals surface area (Å²) >= 11 is 0. The van der Waals surface area contributed by atoms with Crippen LogP contribution in [-0.4, -0.2) is 21.9 Å². The topological polar surface area (TPSA) is 71.2 Å². The fourth-order valence-electron chi connectivity index (χ4n) is 2.91. The Kier molecular flexibility index (Phi) is 3.78. The molecule has 1 aliphatic rings. The summed E-state index contributed by atoms with van der Waals surface area (Å²) in [5.74, 6) is 1.44. The molecule has 1 aliphatic carbocycles. The van der Waals surface area contributed by atoms with E-state index in [9.17, 15) is 5.11 Å². The Hall–Kier alpha value is -1.72. The Morgan fingerprint density at radius 3 is 2.86 bits per heavy atom. The van der Waals surface area contributed by atoms with Crippen molar-refractivity contribution in [3.8, 4) is 0 Å². The molecule has 0 amide bonds. The third kappa shape index (κ3) is 2.59. The first-order valence-corrected chi connectivity index (χ1v) is 7.41. The lowest BCUT2D eigenvalue weighted by Crippen LogP contribution is -2.43. The van der Waals surface area contributed by atoms with E-state index in [4.69, 9.17) is 4.42 Å². The van der Waals surface area contributed by atoms with Gasteiger partial charge in [-0.25, -0.2) is 0 Å². The van der Waals surface area contributed by atoms with Crippen LogP contribution in [0.1, 0.15) is 49.1 Å². The highest BCUT2D eigenvalue weighted by Gasteiger charge is 2.37. The van der Waals surface area contributed by atoms with Gasteiger partial charge in [0.05, 0.1) is 18.7 Å². The molecule has 1 aromatic heterocycles. The molecule has 0 aliphatic heterocycles. The lowest BCUT2D eigenvalue weighted by Gasteiger charge is -2.29. The van der Waals surface area contributed by atoms with Gasteiger partial charge in [0, 0.05) is 5.92 Å². The Morgan fingerprint density at radius 2 is 2.14 bits per heavy atom. The summed E-state index contributed by atoms with van der Waals surface area (Å²) in [6.07, 6.45) is 1.86. The number of nitrogens with one attached hydrogen (secondary N) is 1. The van der Waals surface area contributed by atoms with Crippen LogP contribution in [0, 0.1) is 0 Å². The van der Waals surface area contributed by atoms with Gasteiger partial charge < -0.3 is 9.52 Å². The highest BCUT2D eigenvalue weighted by atomic mass is 16.4. The molecule has 3 rings (SSSR count). The lowest BCUT2D eigenvalue weighted by molar-refractivity contribution is 0.155. The van der Waals surface area contributed by atoms with E-state index >= 15 is 0 Å². The van der Waals surface area contributed by atoms with E-state index in [1.54, 1.807) is 0 Å². The predicted octanol–water partition coefficient (Wildman–Crippen LogP) is 2.12.